The van der Waals surface area contributed by atoms with Crippen LogP contribution >= 0.6 is 0 Å². The lowest BCUT2D eigenvalue weighted by molar-refractivity contribution is -0.000711. The van der Waals surface area contributed by atoms with E-state index in [4.69, 9.17) is 4.74 Å². The van der Waals surface area contributed by atoms with Crippen molar-refractivity contribution in [2.45, 2.75) is 70.8 Å². The summed E-state index contributed by atoms with van der Waals surface area (Å²) in [6.07, 6.45) is 2.49. The number of hydrogen-bond acceptors (Lipinski definition) is 1. The zero-order valence-corrected chi connectivity index (χ0v) is 16.7. The first-order valence-electron chi connectivity index (χ1n) is 10.3. The van der Waals surface area contributed by atoms with Crippen LogP contribution in [0.25, 0.3) is 0 Å². The number of hydrogen-bond donors (Lipinski definition) is 0. The maximum atomic E-state index is 14.1. The molecule has 2 aromatic carbocycles. The molecule has 28 heavy (non-hydrogen) atoms. The van der Waals surface area contributed by atoms with Crippen LogP contribution in [-0.2, 0) is 17.6 Å². The summed E-state index contributed by atoms with van der Waals surface area (Å²) >= 11 is 0. The molecule has 1 fully saturated rings. The Hall–Kier alpha value is -1.81. The average Bonchev–Trinajstić information content (AvgIpc) is 2.70. The van der Waals surface area contributed by atoms with Gasteiger partial charge in [0.1, 0.15) is 5.82 Å². The minimum Gasteiger partial charge on any atom is -0.378 e. The largest absolute Gasteiger partial charge is 0.378 e. The van der Waals surface area contributed by atoms with E-state index in [-0.39, 0.29) is 11.7 Å². The molecule has 2 atom stereocenters. The van der Waals surface area contributed by atoms with Crippen LogP contribution in [0, 0.1) is 12.7 Å². The molecule has 0 amide bonds. The molecular weight excluding hydrogens is 361 g/mol. The van der Waals surface area contributed by atoms with Gasteiger partial charge < -0.3 is 4.74 Å². The van der Waals surface area contributed by atoms with E-state index in [0.29, 0.717) is 30.9 Å². The van der Waals surface area contributed by atoms with E-state index in [9.17, 15) is 13.2 Å². The van der Waals surface area contributed by atoms with Crippen LogP contribution < -0.4 is 0 Å². The van der Waals surface area contributed by atoms with Gasteiger partial charge in [0.2, 0.25) is 0 Å². The number of alkyl halides is 2. The summed E-state index contributed by atoms with van der Waals surface area (Å²) in [5.74, 6) is -0.385. The normalized spacial score (nSPS) is 19.9. The second-order valence-corrected chi connectivity index (χ2v) is 7.83. The maximum Gasteiger partial charge on any atom is 0.266 e. The Morgan fingerprint density at radius 3 is 2.39 bits per heavy atom. The van der Waals surface area contributed by atoms with Crippen molar-refractivity contribution < 1.29 is 17.9 Å². The maximum absolute atomic E-state index is 14.1. The van der Waals surface area contributed by atoms with Crippen molar-refractivity contribution in [2.24, 2.45) is 0 Å². The van der Waals surface area contributed by atoms with E-state index in [1.165, 1.54) is 18.1 Å². The van der Waals surface area contributed by atoms with Crippen molar-refractivity contribution >= 4 is 0 Å². The topological polar surface area (TPSA) is 9.23 Å². The van der Waals surface area contributed by atoms with E-state index in [0.717, 1.165) is 25.7 Å². The van der Waals surface area contributed by atoms with Gasteiger partial charge in [-0.25, -0.2) is 13.2 Å². The Morgan fingerprint density at radius 1 is 1.04 bits per heavy atom. The lowest BCUT2D eigenvalue weighted by Crippen LogP contribution is -2.25. The van der Waals surface area contributed by atoms with E-state index >= 15 is 0 Å². The summed E-state index contributed by atoms with van der Waals surface area (Å²) in [5, 5.41) is 0. The predicted molar refractivity (Wildman–Crippen MR) is 107 cm³/mol. The summed E-state index contributed by atoms with van der Waals surface area (Å²) in [4.78, 5) is 0. The molecule has 1 saturated heterocycles. The molecule has 0 bridgehead atoms. The van der Waals surface area contributed by atoms with Crippen LogP contribution in [0.1, 0.15) is 72.8 Å². The van der Waals surface area contributed by atoms with Gasteiger partial charge in [0.05, 0.1) is 18.3 Å². The van der Waals surface area contributed by atoms with E-state index in [1.54, 1.807) is 12.1 Å². The Balaban J connectivity index is 1.54. The molecule has 0 spiro atoms. The van der Waals surface area contributed by atoms with Gasteiger partial charge in [0.15, 0.2) is 0 Å². The molecule has 1 heterocycles. The fraction of sp³-hybridized carbons (Fsp3) is 0.500. The molecular formula is C24H29F3O. The third-order valence-corrected chi connectivity index (χ3v) is 5.78. The molecule has 2 aromatic rings. The van der Waals surface area contributed by atoms with E-state index in [2.05, 4.69) is 31.2 Å². The van der Waals surface area contributed by atoms with Gasteiger partial charge in [-0.05, 0) is 61.3 Å². The highest BCUT2D eigenvalue weighted by molar-refractivity contribution is 5.34. The average molecular weight is 390 g/mol. The van der Waals surface area contributed by atoms with Crippen LogP contribution in [0.15, 0.2) is 36.4 Å². The van der Waals surface area contributed by atoms with Gasteiger partial charge in [0, 0.05) is 5.92 Å². The SMILES string of the molecule is CCCc1ccc(C2CCC(CCc3ccc(C)c(F)c3C(F)F)OC2)cc1. The first-order chi connectivity index (χ1) is 13.5. The summed E-state index contributed by atoms with van der Waals surface area (Å²) in [6, 6.07) is 12.0. The van der Waals surface area contributed by atoms with Gasteiger partial charge >= 0.3 is 0 Å². The standard InChI is InChI=1S/C24H29F3O/c1-3-4-17-6-9-18(10-7-17)20-12-14-21(28-15-20)13-11-19-8-5-16(2)23(25)22(19)24(26)27/h5-10,20-21,24H,3-4,11-15H2,1-2H3. The minimum absolute atomic E-state index is 0.0468. The lowest BCUT2D eigenvalue weighted by atomic mass is 9.89. The molecule has 3 rings (SSSR count). The third kappa shape index (κ3) is 4.96. The fourth-order valence-electron chi connectivity index (χ4n) is 4.05. The van der Waals surface area contributed by atoms with Crippen LogP contribution in [0.3, 0.4) is 0 Å². The fourth-order valence-corrected chi connectivity index (χ4v) is 4.05. The Kier molecular flexibility index (Phi) is 7.17. The van der Waals surface area contributed by atoms with Gasteiger partial charge in [-0.3, -0.25) is 0 Å². The molecule has 1 aliphatic rings. The highest BCUT2D eigenvalue weighted by Gasteiger charge is 2.25. The van der Waals surface area contributed by atoms with Crippen LogP contribution in [0.2, 0.25) is 0 Å². The van der Waals surface area contributed by atoms with Gasteiger partial charge in [0.25, 0.3) is 6.43 Å². The summed E-state index contributed by atoms with van der Waals surface area (Å²) in [7, 11) is 0. The van der Waals surface area contributed by atoms with Crippen LogP contribution in [0.5, 0.6) is 0 Å². The number of halogens is 3. The molecule has 152 valence electrons. The Morgan fingerprint density at radius 2 is 1.79 bits per heavy atom. The molecule has 0 saturated carbocycles. The Labute approximate surface area is 165 Å². The predicted octanol–water partition coefficient (Wildman–Crippen LogP) is 6.92. The van der Waals surface area contributed by atoms with Crippen molar-refractivity contribution in [3.8, 4) is 0 Å². The van der Waals surface area contributed by atoms with Gasteiger partial charge in [-0.2, -0.15) is 0 Å². The van der Waals surface area contributed by atoms with Crippen molar-refractivity contribution in [1.29, 1.82) is 0 Å². The lowest BCUT2D eigenvalue weighted by Gasteiger charge is -2.29. The Bertz CT molecular complexity index is 762. The first-order valence-corrected chi connectivity index (χ1v) is 10.3. The summed E-state index contributed by atoms with van der Waals surface area (Å²) < 4.78 is 46.7. The van der Waals surface area contributed by atoms with Gasteiger partial charge in [-0.1, -0.05) is 49.7 Å². The first kappa shape index (κ1) is 20.9. The molecule has 0 aliphatic carbocycles. The second kappa shape index (κ2) is 9.60. The minimum atomic E-state index is -2.79. The number of aryl methyl sites for hydroxylation is 3. The molecule has 0 aromatic heterocycles. The zero-order chi connectivity index (χ0) is 20.1. The van der Waals surface area contributed by atoms with Crippen LogP contribution in [0.4, 0.5) is 13.2 Å². The quantitative estimate of drug-likeness (QED) is 0.499. The second-order valence-electron chi connectivity index (χ2n) is 7.83. The molecule has 1 nitrogen and oxygen atoms in total. The molecule has 1 aliphatic heterocycles. The summed E-state index contributed by atoms with van der Waals surface area (Å²) in [5.41, 5.74) is 2.89. The van der Waals surface area contributed by atoms with Crippen molar-refractivity contribution in [3.05, 3.63) is 70.0 Å². The molecule has 0 N–H and O–H groups in total. The van der Waals surface area contributed by atoms with Crippen molar-refractivity contribution in [2.75, 3.05) is 6.61 Å². The van der Waals surface area contributed by atoms with Crippen molar-refractivity contribution in [3.63, 3.8) is 0 Å². The molecule has 4 heteroatoms. The highest BCUT2D eigenvalue weighted by atomic mass is 19.3. The summed E-state index contributed by atoms with van der Waals surface area (Å²) in [6.45, 7) is 4.35. The third-order valence-electron chi connectivity index (χ3n) is 5.78. The molecule has 2 unspecified atom stereocenters. The zero-order valence-electron chi connectivity index (χ0n) is 16.7. The van der Waals surface area contributed by atoms with E-state index in [1.807, 2.05) is 0 Å². The van der Waals surface area contributed by atoms with Gasteiger partial charge in [-0.15, -0.1) is 0 Å². The number of ether oxygens (including phenoxy) is 1. The smallest absolute Gasteiger partial charge is 0.266 e. The number of benzene rings is 2. The number of rotatable bonds is 7. The van der Waals surface area contributed by atoms with E-state index < -0.39 is 17.8 Å². The molecule has 0 radical (unpaired) electrons. The highest BCUT2D eigenvalue weighted by Crippen LogP contribution is 2.32. The van der Waals surface area contributed by atoms with Crippen molar-refractivity contribution in [1.82, 2.24) is 0 Å². The monoisotopic (exact) mass is 390 g/mol. The van der Waals surface area contributed by atoms with Crippen LogP contribution in [-0.4, -0.2) is 12.7 Å².